The largest absolute Gasteiger partial charge is 0.381 e. The Hall–Kier alpha value is -0.870. The van der Waals surface area contributed by atoms with Crippen molar-refractivity contribution in [2.24, 2.45) is 0 Å². The van der Waals surface area contributed by atoms with Crippen molar-refractivity contribution < 1.29 is 4.74 Å². The lowest BCUT2D eigenvalue weighted by Crippen LogP contribution is -2.45. The predicted octanol–water partition coefficient (Wildman–Crippen LogP) is 0.719. The summed E-state index contributed by atoms with van der Waals surface area (Å²) in [6.07, 6.45) is 7.41. The molecule has 2 rings (SSSR count). The van der Waals surface area contributed by atoms with E-state index in [4.69, 9.17) is 4.74 Å². The molecule has 0 spiro atoms. The molecule has 0 unspecified atom stereocenters. The molecule has 1 fully saturated rings. The summed E-state index contributed by atoms with van der Waals surface area (Å²) in [7, 11) is 1.78. The standard InChI is InChI=1S/C10H17N3O/c1-14-10-4-9(5-10)12-3-2-8-6-11-7-13-8/h6-7,9-10,12H,2-5H2,1H3,(H,11,13). The van der Waals surface area contributed by atoms with Crippen LogP contribution in [-0.2, 0) is 11.2 Å². The van der Waals surface area contributed by atoms with Gasteiger partial charge in [-0.3, -0.25) is 0 Å². The molecule has 0 atom stereocenters. The van der Waals surface area contributed by atoms with E-state index in [1.54, 1.807) is 13.4 Å². The second-order valence-corrected chi connectivity index (χ2v) is 3.81. The van der Waals surface area contributed by atoms with E-state index in [1.165, 1.54) is 5.69 Å². The van der Waals surface area contributed by atoms with Crippen LogP contribution in [0.3, 0.4) is 0 Å². The molecule has 0 aliphatic heterocycles. The van der Waals surface area contributed by atoms with Gasteiger partial charge in [0.05, 0.1) is 12.4 Å². The first-order chi connectivity index (χ1) is 6.88. The van der Waals surface area contributed by atoms with Gasteiger partial charge in [0.2, 0.25) is 0 Å². The summed E-state index contributed by atoms with van der Waals surface area (Å²) < 4.78 is 5.21. The highest BCUT2D eigenvalue weighted by molar-refractivity contribution is 4.95. The molecular weight excluding hydrogens is 178 g/mol. The van der Waals surface area contributed by atoms with Crippen LogP contribution in [0.25, 0.3) is 0 Å². The van der Waals surface area contributed by atoms with Gasteiger partial charge in [0.15, 0.2) is 0 Å². The second kappa shape index (κ2) is 4.57. The zero-order valence-corrected chi connectivity index (χ0v) is 8.49. The third kappa shape index (κ3) is 2.33. The van der Waals surface area contributed by atoms with E-state index < -0.39 is 0 Å². The fourth-order valence-electron chi connectivity index (χ4n) is 1.76. The number of imidazole rings is 1. The van der Waals surface area contributed by atoms with Crippen LogP contribution in [-0.4, -0.2) is 35.8 Å². The highest BCUT2D eigenvalue weighted by atomic mass is 16.5. The minimum atomic E-state index is 0.486. The van der Waals surface area contributed by atoms with Gasteiger partial charge in [-0.05, 0) is 12.8 Å². The molecule has 1 aromatic rings. The number of aromatic amines is 1. The number of nitrogens with zero attached hydrogens (tertiary/aromatic N) is 1. The molecule has 0 radical (unpaired) electrons. The molecule has 1 saturated carbocycles. The van der Waals surface area contributed by atoms with Crippen LogP contribution in [0.15, 0.2) is 12.5 Å². The number of nitrogens with one attached hydrogen (secondary N) is 2. The molecule has 1 aromatic heterocycles. The number of hydrogen-bond donors (Lipinski definition) is 2. The maximum atomic E-state index is 5.21. The molecule has 0 amide bonds. The summed E-state index contributed by atoms with van der Waals surface area (Å²) >= 11 is 0. The van der Waals surface area contributed by atoms with Gasteiger partial charge in [0.25, 0.3) is 0 Å². The van der Waals surface area contributed by atoms with E-state index in [-0.39, 0.29) is 0 Å². The topological polar surface area (TPSA) is 49.9 Å². The smallest absolute Gasteiger partial charge is 0.0921 e. The van der Waals surface area contributed by atoms with Gasteiger partial charge in [-0.2, -0.15) is 0 Å². The minimum absolute atomic E-state index is 0.486. The van der Waals surface area contributed by atoms with Gasteiger partial charge >= 0.3 is 0 Å². The summed E-state index contributed by atoms with van der Waals surface area (Å²) in [6.45, 7) is 1.02. The number of rotatable bonds is 5. The Morgan fingerprint density at radius 1 is 1.64 bits per heavy atom. The van der Waals surface area contributed by atoms with Crippen molar-refractivity contribution in [1.82, 2.24) is 15.3 Å². The van der Waals surface area contributed by atoms with E-state index in [0.717, 1.165) is 25.8 Å². The van der Waals surface area contributed by atoms with Crippen molar-refractivity contribution in [3.05, 3.63) is 18.2 Å². The van der Waals surface area contributed by atoms with Crippen molar-refractivity contribution in [2.45, 2.75) is 31.4 Å². The lowest BCUT2D eigenvalue weighted by Gasteiger charge is -2.34. The van der Waals surface area contributed by atoms with Crippen LogP contribution in [0, 0.1) is 0 Å². The fourth-order valence-corrected chi connectivity index (χ4v) is 1.76. The molecule has 0 bridgehead atoms. The molecule has 78 valence electrons. The molecule has 4 nitrogen and oxygen atoms in total. The van der Waals surface area contributed by atoms with Crippen LogP contribution >= 0.6 is 0 Å². The Bertz CT molecular complexity index is 254. The third-order valence-electron chi connectivity index (χ3n) is 2.81. The molecule has 0 saturated heterocycles. The number of aromatic nitrogens is 2. The molecule has 1 aliphatic rings. The van der Waals surface area contributed by atoms with E-state index in [0.29, 0.717) is 12.1 Å². The average molecular weight is 195 g/mol. The molecule has 1 aliphatic carbocycles. The zero-order chi connectivity index (χ0) is 9.80. The third-order valence-corrected chi connectivity index (χ3v) is 2.81. The Balaban J connectivity index is 1.56. The van der Waals surface area contributed by atoms with Crippen molar-refractivity contribution in [1.29, 1.82) is 0 Å². The summed E-state index contributed by atoms with van der Waals surface area (Å²) in [5, 5.41) is 3.49. The minimum Gasteiger partial charge on any atom is -0.381 e. The Labute approximate surface area is 84.1 Å². The van der Waals surface area contributed by atoms with Crippen LogP contribution in [0.1, 0.15) is 18.5 Å². The van der Waals surface area contributed by atoms with Gasteiger partial charge in [0.1, 0.15) is 0 Å². The molecule has 1 heterocycles. The molecular formula is C10H17N3O. The highest BCUT2D eigenvalue weighted by Crippen LogP contribution is 2.22. The quantitative estimate of drug-likeness (QED) is 0.728. The van der Waals surface area contributed by atoms with Gasteiger partial charge in [-0.1, -0.05) is 0 Å². The maximum absolute atomic E-state index is 5.21. The summed E-state index contributed by atoms with van der Waals surface area (Å²) in [4.78, 5) is 7.07. The Morgan fingerprint density at radius 2 is 2.50 bits per heavy atom. The summed E-state index contributed by atoms with van der Waals surface area (Å²) in [5.41, 5.74) is 1.19. The Morgan fingerprint density at radius 3 is 3.14 bits per heavy atom. The van der Waals surface area contributed by atoms with E-state index >= 15 is 0 Å². The van der Waals surface area contributed by atoms with Crippen molar-refractivity contribution >= 4 is 0 Å². The van der Waals surface area contributed by atoms with Crippen molar-refractivity contribution in [3.63, 3.8) is 0 Å². The van der Waals surface area contributed by atoms with Gasteiger partial charge in [-0.25, -0.2) is 4.98 Å². The Kier molecular flexibility index (Phi) is 3.16. The van der Waals surface area contributed by atoms with Crippen LogP contribution in [0.4, 0.5) is 0 Å². The molecule has 0 aromatic carbocycles. The first-order valence-corrected chi connectivity index (χ1v) is 5.12. The van der Waals surface area contributed by atoms with E-state index in [1.807, 2.05) is 6.20 Å². The monoisotopic (exact) mass is 195 g/mol. The number of ether oxygens (including phenoxy) is 1. The molecule has 2 N–H and O–H groups in total. The zero-order valence-electron chi connectivity index (χ0n) is 8.49. The van der Waals surface area contributed by atoms with E-state index in [9.17, 15) is 0 Å². The second-order valence-electron chi connectivity index (χ2n) is 3.81. The van der Waals surface area contributed by atoms with Crippen LogP contribution in [0.5, 0.6) is 0 Å². The van der Waals surface area contributed by atoms with Crippen molar-refractivity contribution in [2.75, 3.05) is 13.7 Å². The molecule has 4 heteroatoms. The summed E-state index contributed by atoms with van der Waals surface area (Å²) in [6, 6.07) is 0.655. The van der Waals surface area contributed by atoms with Gasteiger partial charge in [0, 0.05) is 38.0 Å². The average Bonchev–Trinajstić information content (AvgIpc) is 2.61. The predicted molar refractivity (Wildman–Crippen MR) is 54.1 cm³/mol. The van der Waals surface area contributed by atoms with Gasteiger partial charge in [-0.15, -0.1) is 0 Å². The van der Waals surface area contributed by atoms with Gasteiger partial charge < -0.3 is 15.0 Å². The molecule has 14 heavy (non-hydrogen) atoms. The maximum Gasteiger partial charge on any atom is 0.0921 e. The SMILES string of the molecule is COC1CC(NCCc2cnc[nH]2)C1. The number of H-pyrrole nitrogens is 1. The van der Waals surface area contributed by atoms with Crippen LogP contribution in [0.2, 0.25) is 0 Å². The number of methoxy groups -OCH3 is 1. The normalized spacial score (nSPS) is 26.1. The lowest BCUT2D eigenvalue weighted by molar-refractivity contribution is 0.0177. The fraction of sp³-hybridized carbons (Fsp3) is 0.700. The van der Waals surface area contributed by atoms with Crippen LogP contribution < -0.4 is 5.32 Å². The first-order valence-electron chi connectivity index (χ1n) is 5.12. The first kappa shape index (κ1) is 9.68. The number of hydrogen-bond acceptors (Lipinski definition) is 3. The van der Waals surface area contributed by atoms with Crippen molar-refractivity contribution in [3.8, 4) is 0 Å². The summed E-state index contributed by atoms with van der Waals surface area (Å²) in [5.74, 6) is 0. The van der Waals surface area contributed by atoms with E-state index in [2.05, 4.69) is 15.3 Å². The highest BCUT2D eigenvalue weighted by Gasteiger charge is 2.27. The lowest BCUT2D eigenvalue weighted by atomic mass is 9.89.